The van der Waals surface area contributed by atoms with Gasteiger partial charge in [-0.3, -0.25) is 9.80 Å². The third-order valence-corrected chi connectivity index (χ3v) is 5.67. The van der Waals surface area contributed by atoms with Gasteiger partial charge in [-0.1, -0.05) is 13.8 Å². The fraction of sp³-hybridized carbons (Fsp3) is 0.941. The van der Waals surface area contributed by atoms with Gasteiger partial charge in [0.1, 0.15) is 0 Å². The second-order valence-electron chi connectivity index (χ2n) is 7.52. The zero-order valence-corrected chi connectivity index (χ0v) is 14.2. The monoisotopic (exact) mass is 331 g/mol. The Kier molecular flexibility index (Phi) is 5.96. The Morgan fingerprint density at radius 3 is 2.39 bits per heavy atom. The number of hydrogen-bond acceptors (Lipinski definition) is 3. The highest BCUT2D eigenvalue weighted by Crippen LogP contribution is 2.40. The molecule has 23 heavy (non-hydrogen) atoms. The van der Waals surface area contributed by atoms with Crippen LogP contribution in [0.2, 0.25) is 0 Å². The molecule has 0 aromatic rings. The van der Waals surface area contributed by atoms with Gasteiger partial charge in [0, 0.05) is 38.1 Å². The number of alkyl halides is 3. The Bertz CT molecular complexity index is 422. The summed E-state index contributed by atoms with van der Waals surface area (Å²) in [7, 11) is 0. The SMILES string of the molecule is CCC1CN(C2CCC(C)(CC#N)CC2)CCN1CC(F)(F)F. The maximum absolute atomic E-state index is 12.7. The van der Waals surface area contributed by atoms with Gasteiger partial charge >= 0.3 is 6.18 Å². The summed E-state index contributed by atoms with van der Waals surface area (Å²) in [6.45, 7) is 5.34. The van der Waals surface area contributed by atoms with Gasteiger partial charge in [0.05, 0.1) is 12.6 Å². The molecule has 1 aliphatic heterocycles. The molecule has 1 atom stereocenters. The summed E-state index contributed by atoms with van der Waals surface area (Å²) in [6, 6.07) is 2.76. The average molecular weight is 331 g/mol. The highest BCUT2D eigenvalue weighted by Gasteiger charge is 2.39. The van der Waals surface area contributed by atoms with Crippen molar-refractivity contribution in [2.24, 2.45) is 5.41 Å². The first kappa shape index (κ1) is 18.5. The van der Waals surface area contributed by atoms with Crippen molar-refractivity contribution < 1.29 is 13.2 Å². The van der Waals surface area contributed by atoms with E-state index in [-0.39, 0.29) is 11.5 Å². The second-order valence-corrected chi connectivity index (χ2v) is 7.52. The lowest BCUT2D eigenvalue weighted by molar-refractivity contribution is -0.157. The van der Waals surface area contributed by atoms with Crippen molar-refractivity contribution in [3.05, 3.63) is 0 Å². The second kappa shape index (κ2) is 7.40. The van der Waals surface area contributed by atoms with Crippen LogP contribution in [-0.4, -0.2) is 54.2 Å². The summed E-state index contributed by atoms with van der Waals surface area (Å²) in [4.78, 5) is 3.99. The maximum Gasteiger partial charge on any atom is 0.401 e. The number of halogens is 3. The number of hydrogen-bond donors (Lipinski definition) is 0. The van der Waals surface area contributed by atoms with E-state index in [1.54, 1.807) is 4.90 Å². The van der Waals surface area contributed by atoms with E-state index >= 15 is 0 Å². The van der Waals surface area contributed by atoms with Crippen molar-refractivity contribution in [2.75, 3.05) is 26.2 Å². The van der Waals surface area contributed by atoms with Gasteiger partial charge in [-0.05, 0) is 37.5 Å². The molecule has 3 nitrogen and oxygen atoms in total. The van der Waals surface area contributed by atoms with Crippen LogP contribution in [0, 0.1) is 16.7 Å². The maximum atomic E-state index is 12.7. The van der Waals surface area contributed by atoms with Crippen LogP contribution in [0.25, 0.3) is 0 Å². The first-order valence-electron chi connectivity index (χ1n) is 8.68. The van der Waals surface area contributed by atoms with Crippen molar-refractivity contribution in [2.45, 2.75) is 70.6 Å². The lowest BCUT2D eigenvalue weighted by Gasteiger charge is -2.47. The van der Waals surface area contributed by atoms with Crippen LogP contribution < -0.4 is 0 Å². The van der Waals surface area contributed by atoms with E-state index in [1.165, 1.54) is 0 Å². The minimum atomic E-state index is -4.11. The molecule has 1 heterocycles. The zero-order valence-electron chi connectivity index (χ0n) is 14.2. The largest absolute Gasteiger partial charge is 0.401 e. The lowest BCUT2D eigenvalue weighted by Crippen LogP contribution is -2.58. The molecule has 1 saturated carbocycles. The van der Waals surface area contributed by atoms with Gasteiger partial charge in [0.25, 0.3) is 0 Å². The highest BCUT2D eigenvalue weighted by molar-refractivity contribution is 4.94. The van der Waals surface area contributed by atoms with Gasteiger partial charge in [-0.25, -0.2) is 0 Å². The topological polar surface area (TPSA) is 30.3 Å². The van der Waals surface area contributed by atoms with Crippen molar-refractivity contribution >= 4 is 0 Å². The quantitative estimate of drug-likeness (QED) is 0.785. The van der Waals surface area contributed by atoms with Crippen molar-refractivity contribution in [3.63, 3.8) is 0 Å². The standard InChI is InChI=1S/C17H28F3N3/c1-3-14-12-22(10-11-23(14)13-17(18,19)20)15-4-6-16(2,7-5-15)8-9-21/h14-15H,3-8,10-13H2,1-2H3. The van der Waals surface area contributed by atoms with E-state index in [1.807, 2.05) is 6.92 Å². The first-order valence-corrected chi connectivity index (χ1v) is 8.68. The molecule has 0 aromatic heterocycles. The van der Waals surface area contributed by atoms with E-state index in [9.17, 15) is 13.2 Å². The molecular formula is C17H28F3N3. The summed E-state index contributed by atoms with van der Waals surface area (Å²) >= 11 is 0. The summed E-state index contributed by atoms with van der Waals surface area (Å²) in [5.74, 6) is 0. The normalized spacial score (nSPS) is 34.3. The van der Waals surface area contributed by atoms with Gasteiger partial charge in [0.2, 0.25) is 0 Å². The third-order valence-electron chi connectivity index (χ3n) is 5.67. The van der Waals surface area contributed by atoms with E-state index in [0.717, 1.165) is 45.2 Å². The number of piperazine rings is 1. The first-order chi connectivity index (χ1) is 10.8. The number of nitrogens with zero attached hydrogens (tertiary/aromatic N) is 3. The zero-order chi connectivity index (χ0) is 17.1. The molecule has 0 N–H and O–H groups in total. The van der Waals surface area contributed by atoms with E-state index in [4.69, 9.17) is 5.26 Å². The van der Waals surface area contributed by atoms with Crippen molar-refractivity contribution in [1.29, 1.82) is 5.26 Å². The number of nitriles is 1. The molecule has 0 bridgehead atoms. The molecule has 1 aliphatic carbocycles. The Balaban J connectivity index is 1.88. The Labute approximate surface area is 137 Å². The molecule has 0 spiro atoms. The summed E-state index contributed by atoms with van der Waals surface area (Å²) < 4.78 is 38.0. The molecule has 0 amide bonds. The molecule has 2 rings (SSSR count). The predicted molar refractivity (Wildman–Crippen MR) is 83.9 cm³/mol. The van der Waals surface area contributed by atoms with E-state index in [0.29, 0.717) is 19.0 Å². The molecule has 2 fully saturated rings. The Hall–Kier alpha value is -0.800. The Morgan fingerprint density at radius 1 is 1.22 bits per heavy atom. The Morgan fingerprint density at radius 2 is 1.87 bits per heavy atom. The molecule has 2 aliphatic rings. The van der Waals surface area contributed by atoms with Gasteiger partial charge in [0.15, 0.2) is 0 Å². The lowest BCUT2D eigenvalue weighted by atomic mass is 9.72. The summed E-state index contributed by atoms with van der Waals surface area (Å²) in [6.07, 6.45) is 1.47. The van der Waals surface area contributed by atoms with Crippen LogP contribution in [0.3, 0.4) is 0 Å². The third kappa shape index (κ3) is 5.09. The fourth-order valence-electron chi connectivity index (χ4n) is 4.11. The summed E-state index contributed by atoms with van der Waals surface area (Å²) in [5.41, 5.74) is 0.132. The molecular weight excluding hydrogens is 303 g/mol. The molecule has 1 unspecified atom stereocenters. The van der Waals surface area contributed by atoms with Gasteiger partial charge < -0.3 is 0 Å². The van der Waals surface area contributed by atoms with Gasteiger partial charge in [-0.2, -0.15) is 18.4 Å². The predicted octanol–water partition coefficient (Wildman–Crippen LogP) is 3.81. The van der Waals surface area contributed by atoms with Crippen molar-refractivity contribution in [1.82, 2.24) is 9.80 Å². The van der Waals surface area contributed by atoms with E-state index in [2.05, 4.69) is 17.9 Å². The highest BCUT2D eigenvalue weighted by atomic mass is 19.4. The minimum absolute atomic E-state index is 0.00204. The summed E-state index contributed by atoms with van der Waals surface area (Å²) in [5, 5.41) is 8.93. The molecule has 6 heteroatoms. The fourth-order valence-corrected chi connectivity index (χ4v) is 4.11. The minimum Gasteiger partial charge on any atom is -0.298 e. The number of rotatable bonds is 4. The van der Waals surface area contributed by atoms with Crippen LogP contribution in [0.4, 0.5) is 13.2 Å². The molecule has 0 aromatic carbocycles. The van der Waals surface area contributed by atoms with E-state index < -0.39 is 12.7 Å². The molecule has 1 saturated heterocycles. The van der Waals surface area contributed by atoms with Crippen LogP contribution in [0.1, 0.15) is 52.4 Å². The van der Waals surface area contributed by atoms with Crippen LogP contribution in [0.5, 0.6) is 0 Å². The average Bonchev–Trinajstić information content (AvgIpc) is 2.47. The smallest absolute Gasteiger partial charge is 0.298 e. The van der Waals surface area contributed by atoms with Crippen LogP contribution in [-0.2, 0) is 0 Å². The van der Waals surface area contributed by atoms with Crippen LogP contribution >= 0.6 is 0 Å². The van der Waals surface area contributed by atoms with Crippen LogP contribution in [0.15, 0.2) is 0 Å². The van der Waals surface area contributed by atoms with Gasteiger partial charge in [-0.15, -0.1) is 0 Å². The molecule has 132 valence electrons. The van der Waals surface area contributed by atoms with Crippen molar-refractivity contribution in [3.8, 4) is 6.07 Å². The molecule has 0 radical (unpaired) electrons.